The Morgan fingerprint density at radius 1 is 0.800 bits per heavy atom. The summed E-state index contributed by atoms with van der Waals surface area (Å²) in [7, 11) is 1.69. The summed E-state index contributed by atoms with van der Waals surface area (Å²) in [5.41, 5.74) is 5.61. The smallest absolute Gasteiger partial charge is 0.346 e. The third-order valence-electron chi connectivity index (χ3n) is 5.71. The molecule has 0 fully saturated rings. The van der Waals surface area contributed by atoms with Gasteiger partial charge in [0.2, 0.25) is 0 Å². The van der Waals surface area contributed by atoms with Crippen molar-refractivity contribution in [2.45, 2.75) is 20.8 Å². The van der Waals surface area contributed by atoms with Crippen molar-refractivity contribution in [3.8, 4) is 16.9 Å². The fourth-order valence-corrected chi connectivity index (χ4v) is 4.10. The third-order valence-corrected chi connectivity index (χ3v) is 5.71. The van der Waals surface area contributed by atoms with E-state index in [-0.39, 0.29) is 6.47 Å². The lowest BCUT2D eigenvalue weighted by Crippen LogP contribution is -2.06. The van der Waals surface area contributed by atoms with Crippen LogP contribution < -0.4 is 4.74 Å². The van der Waals surface area contributed by atoms with Crippen molar-refractivity contribution < 1.29 is 19.1 Å². The number of ether oxygens (including phenoxy) is 2. The summed E-state index contributed by atoms with van der Waals surface area (Å²) in [6, 6.07) is 18.3. The summed E-state index contributed by atoms with van der Waals surface area (Å²) >= 11 is 0. The Balaban J connectivity index is 1.87. The van der Waals surface area contributed by atoms with Crippen LogP contribution in [-0.4, -0.2) is 19.6 Å². The molecule has 0 aliphatic carbocycles. The Hall–Kier alpha value is -3.66. The number of aryl methyl sites for hydroxylation is 3. The van der Waals surface area contributed by atoms with Gasteiger partial charge in [-0.3, -0.25) is 4.79 Å². The molecule has 150 valence electrons. The topological polar surface area (TPSA) is 52.6 Å². The van der Waals surface area contributed by atoms with E-state index >= 15 is 0 Å². The van der Waals surface area contributed by atoms with E-state index in [1.165, 1.54) is 10.8 Å². The Morgan fingerprint density at radius 3 is 2.20 bits per heavy atom. The molecule has 0 atom stereocenters. The molecule has 0 spiro atoms. The minimum absolute atomic E-state index is 0.170. The molecular formula is C26H22O4. The first-order valence-electron chi connectivity index (χ1n) is 9.71. The van der Waals surface area contributed by atoms with Gasteiger partial charge in [0.25, 0.3) is 0 Å². The van der Waals surface area contributed by atoms with Crippen LogP contribution in [0, 0.1) is 20.8 Å². The van der Waals surface area contributed by atoms with Gasteiger partial charge in [0.1, 0.15) is 5.75 Å². The van der Waals surface area contributed by atoms with Gasteiger partial charge in [-0.25, -0.2) is 4.79 Å². The monoisotopic (exact) mass is 398 g/mol. The highest BCUT2D eigenvalue weighted by Crippen LogP contribution is 2.34. The molecule has 0 aliphatic rings. The van der Waals surface area contributed by atoms with Gasteiger partial charge >= 0.3 is 12.4 Å². The zero-order chi connectivity index (χ0) is 21.4. The lowest BCUT2D eigenvalue weighted by molar-refractivity contribution is -0.123. The normalized spacial score (nSPS) is 10.9. The molecule has 0 unspecified atom stereocenters. The highest BCUT2D eigenvalue weighted by molar-refractivity contribution is 6.08. The number of carbonyl (C=O) groups excluding carboxylic acids is 2. The zero-order valence-corrected chi connectivity index (χ0v) is 17.4. The van der Waals surface area contributed by atoms with Gasteiger partial charge in [-0.1, -0.05) is 36.4 Å². The number of hydrogen-bond acceptors (Lipinski definition) is 4. The Labute approximate surface area is 175 Å². The number of methoxy groups -OCH3 is 1. The molecule has 4 rings (SSSR count). The zero-order valence-electron chi connectivity index (χ0n) is 17.4. The molecule has 0 saturated carbocycles. The van der Waals surface area contributed by atoms with Crippen molar-refractivity contribution in [1.29, 1.82) is 0 Å². The molecule has 30 heavy (non-hydrogen) atoms. The molecule has 0 radical (unpaired) electrons. The number of rotatable bonds is 4. The number of fused-ring (bicyclic) bond motifs is 2. The maximum absolute atomic E-state index is 12.2. The fourth-order valence-electron chi connectivity index (χ4n) is 4.10. The maximum Gasteiger partial charge on any atom is 0.346 e. The van der Waals surface area contributed by atoms with Crippen LogP contribution in [0.25, 0.3) is 32.7 Å². The summed E-state index contributed by atoms with van der Waals surface area (Å²) < 4.78 is 10.1. The van der Waals surface area contributed by atoms with Crippen LogP contribution in [-0.2, 0) is 9.53 Å². The second-order valence-corrected chi connectivity index (χ2v) is 7.48. The van der Waals surface area contributed by atoms with Crippen molar-refractivity contribution in [3.05, 3.63) is 76.9 Å². The minimum Gasteiger partial charge on any atom is -0.496 e. The average molecular weight is 398 g/mol. The molecule has 0 aromatic heterocycles. The summed E-state index contributed by atoms with van der Waals surface area (Å²) in [6.07, 6.45) is 0. The molecule has 4 heteroatoms. The first-order valence-corrected chi connectivity index (χ1v) is 9.71. The van der Waals surface area contributed by atoms with Crippen molar-refractivity contribution in [3.63, 3.8) is 0 Å². The number of carbonyl (C=O) groups is 2. The molecule has 0 N–H and O–H groups in total. The predicted octanol–water partition coefficient (Wildman–Crippen LogP) is 5.91. The minimum atomic E-state index is -0.633. The van der Waals surface area contributed by atoms with Gasteiger partial charge in [0, 0.05) is 0 Å². The summed E-state index contributed by atoms with van der Waals surface area (Å²) in [5.74, 6) is 0.259. The average Bonchev–Trinajstić information content (AvgIpc) is 2.75. The van der Waals surface area contributed by atoms with Crippen molar-refractivity contribution >= 4 is 34.0 Å². The van der Waals surface area contributed by atoms with E-state index in [4.69, 9.17) is 4.74 Å². The maximum atomic E-state index is 12.2. The molecule has 4 nitrogen and oxygen atoms in total. The first kappa shape index (κ1) is 19.6. The van der Waals surface area contributed by atoms with Gasteiger partial charge in [0.15, 0.2) is 0 Å². The van der Waals surface area contributed by atoms with E-state index in [0.717, 1.165) is 44.3 Å². The van der Waals surface area contributed by atoms with E-state index in [1.54, 1.807) is 7.11 Å². The molecular weight excluding hydrogens is 376 g/mol. The van der Waals surface area contributed by atoms with Crippen molar-refractivity contribution in [2.75, 3.05) is 7.11 Å². The van der Waals surface area contributed by atoms with E-state index in [0.29, 0.717) is 5.56 Å². The standard InChI is InChI=1S/C26H22O4/c1-15-5-6-20-12-18(8-10-22(20)25(15)26(28)30-14-27)19-7-9-21-17(3)24(29-4)11-16(2)23(21)13-19/h5-14H,1-4H3. The second-order valence-electron chi connectivity index (χ2n) is 7.48. The summed E-state index contributed by atoms with van der Waals surface area (Å²) in [4.78, 5) is 22.9. The van der Waals surface area contributed by atoms with Gasteiger partial charge in [-0.2, -0.15) is 0 Å². The SMILES string of the molecule is COc1cc(C)c2cc(-c3ccc4c(C(=O)OC=O)c(C)ccc4c3)ccc2c1C. The predicted molar refractivity (Wildman–Crippen MR) is 119 cm³/mol. The van der Waals surface area contributed by atoms with E-state index in [2.05, 4.69) is 48.9 Å². The van der Waals surface area contributed by atoms with Gasteiger partial charge in [0.05, 0.1) is 12.7 Å². The molecule has 0 saturated heterocycles. The van der Waals surface area contributed by atoms with Crippen LogP contribution in [0.15, 0.2) is 54.6 Å². The third kappa shape index (κ3) is 3.20. The van der Waals surface area contributed by atoms with Crippen LogP contribution >= 0.6 is 0 Å². The molecule has 4 aromatic carbocycles. The fraction of sp³-hybridized carbons (Fsp3) is 0.154. The van der Waals surface area contributed by atoms with Crippen LogP contribution in [0.1, 0.15) is 27.0 Å². The first-order chi connectivity index (χ1) is 14.4. The quantitative estimate of drug-likeness (QED) is 0.244. The molecule has 0 bridgehead atoms. The number of esters is 1. The highest BCUT2D eigenvalue weighted by atomic mass is 16.6. The Bertz CT molecular complexity index is 1320. The van der Waals surface area contributed by atoms with Crippen molar-refractivity contribution in [2.24, 2.45) is 0 Å². The second kappa shape index (κ2) is 7.64. The lowest BCUT2D eigenvalue weighted by Gasteiger charge is -2.13. The van der Waals surface area contributed by atoms with Gasteiger partial charge in [-0.05, 0) is 88.3 Å². The van der Waals surface area contributed by atoms with Gasteiger partial charge in [-0.15, -0.1) is 0 Å². The van der Waals surface area contributed by atoms with Crippen molar-refractivity contribution in [1.82, 2.24) is 0 Å². The van der Waals surface area contributed by atoms with E-state index < -0.39 is 5.97 Å². The molecule has 0 heterocycles. The summed E-state index contributed by atoms with van der Waals surface area (Å²) in [6.45, 7) is 6.15. The van der Waals surface area contributed by atoms with Crippen LogP contribution in [0.5, 0.6) is 5.75 Å². The van der Waals surface area contributed by atoms with Crippen LogP contribution in [0.3, 0.4) is 0 Å². The van der Waals surface area contributed by atoms with E-state index in [1.807, 2.05) is 31.2 Å². The highest BCUT2D eigenvalue weighted by Gasteiger charge is 2.15. The molecule has 0 aliphatic heterocycles. The Morgan fingerprint density at radius 2 is 1.50 bits per heavy atom. The van der Waals surface area contributed by atoms with Crippen LogP contribution in [0.4, 0.5) is 0 Å². The number of hydrogen-bond donors (Lipinski definition) is 0. The van der Waals surface area contributed by atoms with E-state index in [9.17, 15) is 9.59 Å². The van der Waals surface area contributed by atoms with Crippen LogP contribution in [0.2, 0.25) is 0 Å². The molecule has 0 amide bonds. The lowest BCUT2D eigenvalue weighted by atomic mass is 9.93. The largest absolute Gasteiger partial charge is 0.496 e. The Kier molecular flexibility index (Phi) is 5.00. The van der Waals surface area contributed by atoms with Gasteiger partial charge < -0.3 is 9.47 Å². The number of benzene rings is 4. The molecule has 4 aromatic rings. The summed E-state index contributed by atoms with van der Waals surface area (Å²) in [5, 5.41) is 4.04.